The SMILES string of the molecule is COC(=O)Oc1ccc2c(c1)Oc1cc(OC)ccc1C21OC(=O)c2ccccc21. The van der Waals surface area contributed by atoms with Crippen LogP contribution in [0.4, 0.5) is 4.79 Å². The standard InChI is InChI=1S/C23H16O7/c1-26-13-7-9-17-19(11-13)29-20-12-14(28-22(25)27-2)8-10-18(20)23(17)16-6-4-3-5-15(16)21(24)30-23/h3-12H,1-2H3. The maximum atomic E-state index is 12.8. The highest BCUT2D eigenvalue weighted by Crippen LogP contribution is 2.56. The van der Waals surface area contributed by atoms with E-state index in [1.165, 1.54) is 7.11 Å². The highest BCUT2D eigenvalue weighted by atomic mass is 16.7. The summed E-state index contributed by atoms with van der Waals surface area (Å²) < 4.78 is 27.2. The van der Waals surface area contributed by atoms with Gasteiger partial charge in [-0.2, -0.15) is 0 Å². The minimum absolute atomic E-state index is 0.236. The van der Waals surface area contributed by atoms with Gasteiger partial charge in [-0.1, -0.05) is 18.2 Å². The molecule has 0 radical (unpaired) electrons. The summed E-state index contributed by atoms with van der Waals surface area (Å²) in [5.41, 5.74) is 1.31. The number of hydrogen-bond acceptors (Lipinski definition) is 7. The molecule has 0 fully saturated rings. The molecular formula is C23H16O7. The summed E-state index contributed by atoms with van der Waals surface area (Å²) in [6.45, 7) is 0. The van der Waals surface area contributed by atoms with Gasteiger partial charge in [-0.25, -0.2) is 9.59 Å². The van der Waals surface area contributed by atoms with Gasteiger partial charge in [-0.15, -0.1) is 0 Å². The maximum Gasteiger partial charge on any atom is 0.513 e. The van der Waals surface area contributed by atoms with Crippen molar-refractivity contribution in [3.05, 3.63) is 82.9 Å². The molecule has 7 nitrogen and oxygen atoms in total. The number of ether oxygens (including phenoxy) is 5. The second kappa shape index (κ2) is 6.52. The number of carbonyl (C=O) groups is 2. The average molecular weight is 404 g/mol. The van der Waals surface area contributed by atoms with Crippen LogP contribution >= 0.6 is 0 Å². The van der Waals surface area contributed by atoms with E-state index in [4.69, 9.17) is 18.9 Å². The summed E-state index contributed by atoms with van der Waals surface area (Å²) >= 11 is 0. The Bertz CT molecular complexity index is 1200. The zero-order valence-electron chi connectivity index (χ0n) is 16.1. The van der Waals surface area contributed by atoms with E-state index in [0.29, 0.717) is 39.5 Å². The van der Waals surface area contributed by atoms with Crippen LogP contribution in [0.1, 0.15) is 27.0 Å². The van der Waals surface area contributed by atoms with Gasteiger partial charge in [0.1, 0.15) is 23.0 Å². The minimum Gasteiger partial charge on any atom is -0.497 e. The van der Waals surface area contributed by atoms with Crippen molar-refractivity contribution in [3.8, 4) is 23.0 Å². The third kappa shape index (κ3) is 2.45. The van der Waals surface area contributed by atoms with Crippen molar-refractivity contribution in [2.45, 2.75) is 5.60 Å². The molecule has 0 aliphatic carbocycles. The second-order valence-corrected chi connectivity index (χ2v) is 6.79. The first-order valence-corrected chi connectivity index (χ1v) is 9.16. The summed E-state index contributed by atoms with van der Waals surface area (Å²) in [6, 6.07) is 17.5. The zero-order valence-corrected chi connectivity index (χ0v) is 16.1. The Hall–Kier alpha value is -4.00. The van der Waals surface area contributed by atoms with Crippen LogP contribution in [0.3, 0.4) is 0 Å². The van der Waals surface area contributed by atoms with Gasteiger partial charge in [0.05, 0.1) is 19.8 Å². The fourth-order valence-electron chi connectivity index (χ4n) is 3.97. The van der Waals surface area contributed by atoms with Crippen LogP contribution < -0.4 is 14.2 Å². The predicted molar refractivity (Wildman–Crippen MR) is 104 cm³/mol. The average Bonchev–Trinajstić information content (AvgIpc) is 3.06. The molecule has 1 spiro atoms. The van der Waals surface area contributed by atoms with Crippen molar-refractivity contribution < 1.29 is 33.3 Å². The van der Waals surface area contributed by atoms with Crippen LogP contribution in [-0.2, 0) is 15.1 Å². The van der Waals surface area contributed by atoms with Crippen LogP contribution in [-0.4, -0.2) is 26.3 Å². The van der Waals surface area contributed by atoms with Crippen LogP contribution in [0.5, 0.6) is 23.0 Å². The molecule has 0 saturated carbocycles. The third-order valence-electron chi connectivity index (χ3n) is 5.26. The van der Waals surface area contributed by atoms with Crippen LogP contribution in [0.15, 0.2) is 60.7 Å². The number of rotatable bonds is 2. The molecule has 5 rings (SSSR count). The van der Waals surface area contributed by atoms with E-state index < -0.39 is 17.7 Å². The molecule has 0 saturated heterocycles. The maximum absolute atomic E-state index is 12.8. The van der Waals surface area contributed by atoms with Gasteiger partial charge >= 0.3 is 12.1 Å². The number of esters is 1. The molecule has 1 unspecified atom stereocenters. The van der Waals surface area contributed by atoms with Crippen molar-refractivity contribution in [3.63, 3.8) is 0 Å². The lowest BCUT2D eigenvalue weighted by Gasteiger charge is -2.36. The normalized spacial score (nSPS) is 17.9. The molecule has 0 aromatic heterocycles. The molecule has 2 aliphatic heterocycles. The van der Waals surface area contributed by atoms with Crippen molar-refractivity contribution in [1.29, 1.82) is 0 Å². The Labute approximate surface area is 171 Å². The van der Waals surface area contributed by atoms with Gasteiger partial charge in [0.25, 0.3) is 0 Å². The summed E-state index contributed by atoms with van der Waals surface area (Å²) in [4.78, 5) is 24.3. The lowest BCUT2D eigenvalue weighted by atomic mass is 9.77. The van der Waals surface area contributed by atoms with Crippen LogP contribution in [0, 0.1) is 0 Å². The topological polar surface area (TPSA) is 80.3 Å². The number of benzene rings is 3. The van der Waals surface area contributed by atoms with E-state index in [2.05, 4.69) is 4.74 Å². The van der Waals surface area contributed by atoms with E-state index in [1.54, 1.807) is 49.6 Å². The Morgan fingerprint density at radius 2 is 1.53 bits per heavy atom. The van der Waals surface area contributed by atoms with Crippen molar-refractivity contribution >= 4 is 12.1 Å². The molecule has 0 N–H and O–H groups in total. The Morgan fingerprint density at radius 3 is 2.23 bits per heavy atom. The highest BCUT2D eigenvalue weighted by Gasteiger charge is 2.53. The first-order chi connectivity index (χ1) is 14.6. The van der Waals surface area contributed by atoms with E-state index >= 15 is 0 Å². The minimum atomic E-state index is -1.19. The largest absolute Gasteiger partial charge is 0.513 e. The van der Waals surface area contributed by atoms with Gasteiger partial charge in [0.15, 0.2) is 5.60 Å². The van der Waals surface area contributed by atoms with Gasteiger partial charge in [-0.05, 0) is 30.3 Å². The van der Waals surface area contributed by atoms with E-state index in [-0.39, 0.29) is 5.75 Å². The van der Waals surface area contributed by atoms with Crippen molar-refractivity contribution in [2.75, 3.05) is 14.2 Å². The lowest BCUT2D eigenvalue weighted by Crippen LogP contribution is -2.33. The zero-order chi connectivity index (χ0) is 20.9. The predicted octanol–water partition coefficient (Wildman–Crippen LogP) is 4.41. The number of methoxy groups -OCH3 is 2. The molecule has 150 valence electrons. The monoisotopic (exact) mass is 404 g/mol. The number of fused-ring (bicyclic) bond motifs is 6. The smallest absolute Gasteiger partial charge is 0.497 e. The van der Waals surface area contributed by atoms with E-state index in [0.717, 1.165) is 0 Å². The molecule has 1 atom stereocenters. The Morgan fingerprint density at radius 1 is 0.867 bits per heavy atom. The fraction of sp³-hybridized carbons (Fsp3) is 0.130. The highest BCUT2D eigenvalue weighted by molar-refractivity contribution is 5.97. The molecule has 3 aromatic carbocycles. The first kappa shape index (κ1) is 18.1. The van der Waals surface area contributed by atoms with Crippen LogP contribution in [0.25, 0.3) is 0 Å². The molecule has 7 heteroatoms. The van der Waals surface area contributed by atoms with E-state index in [1.807, 2.05) is 18.2 Å². The van der Waals surface area contributed by atoms with E-state index in [9.17, 15) is 9.59 Å². The molecular weight excluding hydrogens is 388 g/mol. The molecule has 0 bridgehead atoms. The molecule has 2 heterocycles. The van der Waals surface area contributed by atoms with Gasteiger partial charge in [-0.3, -0.25) is 0 Å². The fourth-order valence-corrected chi connectivity index (χ4v) is 3.97. The third-order valence-corrected chi connectivity index (χ3v) is 5.26. The van der Waals surface area contributed by atoms with Crippen molar-refractivity contribution in [2.24, 2.45) is 0 Å². The quantitative estimate of drug-likeness (QED) is 0.462. The van der Waals surface area contributed by atoms with Gasteiger partial charge in [0.2, 0.25) is 0 Å². The summed E-state index contributed by atoms with van der Waals surface area (Å²) in [6.07, 6.45) is -0.847. The molecule has 2 aliphatic rings. The van der Waals surface area contributed by atoms with Gasteiger partial charge in [0, 0.05) is 28.8 Å². The Balaban J connectivity index is 1.76. The number of carbonyl (C=O) groups excluding carboxylic acids is 2. The van der Waals surface area contributed by atoms with Crippen molar-refractivity contribution in [1.82, 2.24) is 0 Å². The summed E-state index contributed by atoms with van der Waals surface area (Å²) in [5.74, 6) is 1.27. The summed E-state index contributed by atoms with van der Waals surface area (Å²) in [7, 11) is 2.78. The van der Waals surface area contributed by atoms with Gasteiger partial charge < -0.3 is 23.7 Å². The first-order valence-electron chi connectivity index (χ1n) is 9.16. The number of hydrogen-bond donors (Lipinski definition) is 0. The van der Waals surface area contributed by atoms with Crippen LogP contribution in [0.2, 0.25) is 0 Å². The molecule has 30 heavy (non-hydrogen) atoms. The lowest BCUT2D eigenvalue weighted by molar-refractivity contribution is 0.0224. The molecule has 0 amide bonds. The Kier molecular flexibility index (Phi) is 3.92. The second-order valence-electron chi connectivity index (χ2n) is 6.79. The summed E-state index contributed by atoms with van der Waals surface area (Å²) in [5, 5.41) is 0. The molecule has 3 aromatic rings.